The maximum atomic E-state index is 5.68. The molecule has 3 N–H and O–H groups in total. The van der Waals surface area contributed by atoms with Gasteiger partial charge in [-0.25, -0.2) is 4.98 Å². The minimum atomic E-state index is 0.167. The number of aryl methyl sites for hydroxylation is 2. The normalized spacial score (nSPS) is 12.2. The highest BCUT2D eigenvalue weighted by atomic mass is 15.0. The summed E-state index contributed by atoms with van der Waals surface area (Å²) < 4.78 is 0. The Bertz CT molecular complexity index is 534. The largest absolute Gasteiger partial charge is 0.399 e. The molecule has 1 aromatic carbocycles. The molecule has 0 bridgehead atoms. The van der Waals surface area contributed by atoms with Gasteiger partial charge in [-0.15, -0.1) is 0 Å². The van der Waals surface area contributed by atoms with Gasteiger partial charge in [0.2, 0.25) is 0 Å². The van der Waals surface area contributed by atoms with Gasteiger partial charge in [0.1, 0.15) is 5.82 Å². The number of hydrogen-bond donors (Lipinski definition) is 2. The minimum Gasteiger partial charge on any atom is -0.399 e. The number of anilines is 2. The van der Waals surface area contributed by atoms with Crippen molar-refractivity contribution in [3.05, 3.63) is 47.4 Å². The molecule has 0 radical (unpaired) electrons. The number of aromatic nitrogens is 2. The van der Waals surface area contributed by atoms with Gasteiger partial charge in [-0.05, 0) is 38.5 Å². The van der Waals surface area contributed by atoms with Crippen molar-refractivity contribution in [3.8, 4) is 0 Å². The fourth-order valence-corrected chi connectivity index (χ4v) is 1.75. The molecule has 0 amide bonds. The van der Waals surface area contributed by atoms with E-state index < -0.39 is 0 Å². The quantitative estimate of drug-likeness (QED) is 0.812. The Morgan fingerprint density at radius 2 is 1.83 bits per heavy atom. The van der Waals surface area contributed by atoms with Crippen LogP contribution in [0.1, 0.15) is 29.9 Å². The van der Waals surface area contributed by atoms with Crippen LogP contribution in [0.5, 0.6) is 0 Å². The van der Waals surface area contributed by atoms with E-state index in [1.165, 1.54) is 5.56 Å². The predicted molar refractivity (Wildman–Crippen MR) is 74.4 cm³/mol. The predicted octanol–water partition coefficient (Wildman–Crippen LogP) is 2.85. The second-order valence-electron chi connectivity index (χ2n) is 4.48. The maximum Gasteiger partial charge on any atom is 0.148 e. The molecule has 0 aliphatic heterocycles. The Kier molecular flexibility index (Phi) is 3.46. The lowest BCUT2D eigenvalue weighted by molar-refractivity contribution is 0.862. The van der Waals surface area contributed by atoms with Crippen molar-refractivity contribution in [1.29, 1.82) is 0 Å². The molecule has 0 fully saturated rings. The van der Waals surface area contributed by atoms with Crippen LogP contribution in [0.3, 0.4) is 0 Å². The summed E-state index contributed by atoms with van der Waals surface area (Å²) in [6.07, 6.45) is 1.77. The highest BCUT2D eigenvalue weighted by Crippen LogP contribution is 2.20. The lowest BCUT2D eigenvalue weighted by Gasteiger charge is -2.16. The topological polar surface area (TPSA) is 63.8 Å². The number of nitrogens with one attached hydrogen (secondary N) is 1. The SMILES string of the molecule is Cc1cnc(C)c(NC(C)c2ccc(N)cc2)n1. The average Bonchev–Trinajstić information content (AvgIpc) is 2.34. The van der Waals surface area contributed by atoms with E-state index in [1.807, 2.05) is 38.1 Å². The summed E-state index contributed by atoms with van der Waals surface area (Å²) in [6.45, 7) is 5.98. The van der Waals surface area contributed by atoms with E-state index in [9.17, 15) is 0 Å². The standard InChI is InChI=1S/C14H18N4/c1-9-8-16-11(3)14(17-9)18-10(2)12-4-6-13(15)7-5-12/h4-8,10H,15H2,1-3H3,(H,17,18). The molecular weight excluding hydrogens is 224 g/mol. The van der Waals surface area contributed by atoms with Crippen molar-refractivity contribution in [3.63, 3.8) is 0 Å². The van der Waals surface area contributed by atoms with Gasteiger partial charge in [-0.1, -0.05) is 12.1 Å². The Balaban J connectivity index is 2.18. The molecule has 0 aliphatic rings. The first-order valence-corrected chi connectivity index (χ1v) is 5.98. The third kappa shape index (κ3) is 2.77. The van der Waals surface area contributed by atoms with Crippen LogP contribution in [0.25, 0.3) is 0 Å². The van der Waals surface area contributed by atoms with Gasteiger partial charge in [0.05, 0.1) is 17.4 Å². The molecule has 2 rings (SSSR count). The van der Waals surface area contributed by atoms with E-state index >= 15 is 0 Å². The molecule has 2 aromatic rings. The van der Waals surface area contributed by atoms with Crippen LogP contribution in [0.4, 0.5) is 11.5 Å². The zero-order chi connectivity index (χ0) is 13.1. The summed E-state index contributed by atoms with van der Waals surface area (Å²) >= 11 is 0. The molecule has 1 aromatic heterocycles. The van der Waals surface area contributed by atoms with Crippen molar-refractivity contribution in [1.82, 2.24) is 9.97 Å². The molecule has 1 atom stereocenters. The number of nitrogens with zero attached hydrogens (tertiary/aromatic N) is 2. The van der Waals surface area contributed by atoms with Gasteiger partial charge < -0.3 is 11.1 Å². The smallest absolute Gasteiger partial charge is 0.148 e. The summed E-state index contributed by atoms with van der Waals surface area (Å²) in [7, 11) is 0. The Morgan fingerprint density at radius 3 is 2.50 bits per heavy atom. The van der Waals surface area contributed by atoms with Gasteiger partial charge in [0, 0.05) is 11.9 Å². The monoisotopic (exact) mass is 242 g/mol. The number of hydrogen-bond acceptors (Lipinski definition) is 4. The molecule has 4 nitrogen and oxygen atoms in total. The summed E-state index contributed by atoms with van der Waals surface area (Å²) in [5, 5.41) is 3.37. The number of nitrogen functional groups attached to an aromatic ring is 1. The van der Waals surface area contributed by atoms with Gasteiger partial charge in [-0.2, -0.15) is 0 Å². The number of rotatable bonds is 3. The van der Waals surface area contributed by atoms with Crippen molar-refractivity contribution >= 4 is 11.5 Å². The first kappa shape index (κ1) is 12.4. The van der Waals surface area contributed by atoms with Crippen LogP contribution in [-0.2, 0) is 0 Å². The van der Waals surface area contributed by atoms with Crippen LogP contribution >= 0.6 is 0 Å². The maximum absolute atomic E-state index is 5.68. The van der Waals surface area contributed by atoms with Crippen LogP contribution < -0.4 is 11.1 Å². The summed E-state index contributed by atoms with van der Waals surface area (Å²) in [5.74, 6) is 0.833. The van der Waals surface area contributed by atoms with Crippen molar-refractivity contribution in [2.45, 2.75) is 26.8 Å². The molecule has 0 saturated heterocycles. The molecule has 18 heavy (non-hydrogen) atoms. The van der Waals surface area contributed by atoms with Crippen molar-refractivity contribution in [2.75, 3.05) is 11.1 Å². The van der Waals surface area contributed by atoms with Crippen LogP contribution in [0.15, 0.2) is 30.5 Å². The van der Waals surface area contributed by atoms with E-state index in [1.54, 1.807) is 6.20 Å². The molecule has 1 unspecified atom stereocenters. The fourth-order valence-electron chi connectivity index (χ4n) is 1.75. The number of benzene rings is 1. The molecule has 4 heteroatoms. The van der Waals surface area contributed by atoms with Crippen LogP contribution in [-0.4, -0.2) is 9.97 Å². The van der Waals surface area contributed by atoms with E-state index in [0.717, 1.165) is 22.9 Å². The fraction of sp³-hybridized carbons (Fsp3) is 0.286. The molecule has 94 valence electrons. The molecular formula is C14H18N4. The highest BCUT2D eigenvalue weighted by molar-refractivity contribution is 5.45. The van der Waals surface area contributed by atoms with Crippen LogP contribution in [0, 0.1) is 13.8 Å². The summed E-state index contributed by atoms with van der Waals surface area (Å²) in [6, 6.07) is 8.02. The van der Waals surface area contributed by atoms with Crippen LogP contribution in [0.2, 0.25) is 0 Å². The van der Waals surface area contributed by atoms with Gasteiger partial charge in [0.25, 0.3) is 0 Å². The van der Waals surface area contributed by atoms with E-state index in [2.05, 4.69) is 22.2 Å². The first-order chi connectivity index (χ1) is 8.56. The lowest BCUT2D eigenvalue weighted by Crippen LogP contribution is -2.10. The molecule has 1 heterocycles. The third-order valence-electron chi connectivity index (χ3n) is 2.87. The van der Waals surface area contributed by atoms with E-state index in [4.69, 9.17) is 5.73 Å². The second kappa shape index (κ2) is 5.04. The summed E-state index contributed by atoms with van der Waals surface area (Å²) in [4.78, 5) is 8.75. The van der Waals surface area contributed by atoms with E-state index in [-0.39, 0.29) is 6.04 Å². The Morgan fingerprint density at radius 1 is 1.17 bits per heavy atom. The van der Waals surface area contributed by atoms with E-state index in [0.29, 0.717) is 0 Å². The lowest BCUT2D eigenvalue weighted by atomic mass is 10.1. The first-order valence-electron chi connectivity index (χ1n) is 5.98. The van der Waals surface area contributed by atoms with Gasteiger partial charge in [-0.3, -0.25) is 4.98 Å². The van der Waals surface area contributed by atoms with Gasteiger partial charge >= 0.3 is 0 Å². The molecule has 0 saturated carbocycles. The average molecular weight is 242 g/mol. The Hall–Kier alpha value is -2.10. The molecule has 0 spiro atoms. The van der Waals surface area contributed by atoms with Gasteiger partial charge in [0.15, 0.2) is 0 Å². The zero-order valence-corrected chi connectivity index (χ0v) is 10.9. The summed E-state index contributed by atoms with van der Waals surface area (Å²) in [5.41, 5.74) is 9.44. The number of nitrogens with two attached hydrogens (primary N) is 1. The third-order valence-corrected chi connectivity index (χ3v) is 2.87. The van der Waals surface area contributed by atoms with Crippen molar-refractivity contribution in [2.24, 2.45) is 0 Å². The van der Waals surface area contributed by atoms with Crippen molar-refractivity contribution < 1.29 is 0 Å². The Labute approximate surface area is 107 Å². The minimum absolute atomic E-state index is 0.167. The molecule has 0 aliphatic carbocycles. The zero-order valence-electron chi connectivity index (χ0n) is 10.9. The highest BCUT2D eigenvalue weighted by Gasteiger charge is 2.08. The second-order valence-corrected chi connectivity index (χ2v) is 4.48.